The predicted molar refractivity (Wildman–Crippen MR) is 40.0 cm³/mol. The second-order valence-corrected chi connectivity index (χ2v) is 2.91. The van der Waals surface area contributed by atoms with Gasteiger partial charge in [-0.15, -0.1) is 0 Å². The standard InChI is InChI=1S/C7H13NO3/c1-11-7-5-3-2-4-6(7)8(9)10/h6-7H,2-5H2,1H3. The average Bonchev–Trinajstić information content (AvgIpc) is 2.04. The summed E-state index contributed by atoms with van der Waals surface area (Å²) in [5.74, 6) is 0. The van der Waals surface area contributed by atoms with Gasteiger partial charge in [0.2, 0.25) is 6.04 Å². The van der Waals surface area contributed by atoms with Crippen molar-refractivity contribution in [3.05, 3.63) is 10.1 Å². The second kappa shape index (κ2) is 3.67. The van der Waals surface area contributed by atoms with E-state index in [1.807, 2.05) is 0 Å². The van der Waals surface area contributed by atoms with Crippen molar-refractivity contribution < 1.29 is 9.66 Å². The third-order valence-electron chi connectivity index (χ3n) is 2.24. The summed E-state index contributed by atoms with van der Waals surface area (Å²) in [6.45, 7) is 0. The fourth-order valence-electron chi connectivity index (χ4n) is 1.59. The molecule has 0 aliphatic heterocycles. The molecule has 64 valence electrons. The van der Waals surface area contributed by atoms with Crippen LogP contribution in [-0.4, -0.2) is 24.2 Å². The highest BCUT2D eigenvalue weighted by Crippen LogP contribution is 2.22. The molecule has 4 heteroatoms. The van der Waals surface area contributed by atoms with E-state index in [1.165, 1.54) is 0 Å². The molecule has 2 unspecified atom stereocenters. The number of rotatable bonds is 2. The highest BCUT2D eigenvalue weighted by atomic mass is 16.6. The van der Waals surface area contributed by atoms with Crippen molar-refractivity contribution in [2.45, 2.75) is 37.8 Å². The molecule has 1 rings (SSSR count). The molecule has 2 atom stereocenters. The van der Waals surface area contributed by atoms with E-state index < -0.39 is 6.04 Å². The van der Waals surface area contributed by atoms with Crippen LogP contribution in [0.25, 0.3) is 0 Å². The van der Waals surface area contributed by atoms with Gasteiger partial charge in [-0.05, 0) is 12.8 Å². The predicted octanol–water partition coefficient (Wildman–Crippen LogP) is 1.22. The van der Waals surface area contributed by atoms with Crippen LogP contribution in [0.5, 0.6) is 0 Å². The van der Waals surface area contributed by atoms with Crippen molar-refractivity contribution in [3.63, 3.8) is 0 Å². The van der Waals surface area contributed by atoms with Gasteiger partial charge in [0.25, 0.3) is 0 Å². The fourth-order valence-corrected chi connectivity index (χ4v) is 1.59. The van der Waals surface area contributed by atoms with Crippen LogP contribution in [0, 0.1) is 10.1 Å². The Balaban J connectivity index is 2.51. The highest BCUT2D eigenvalue weighted by molar-refractivity contribution is 4.74. The molecule has 0 radical (unpaired) electrons. The molecule has 1 fully saturated rings. The molecule has 0 saturated heterocycles. The van der Waals surface area contributed by atoms with Crippen LogP contribution in [-0.2, 0) is 4.74 Å². The van der Waals surface area contributed by atoms with E-state index >= 15 is 0 Å². The second-order valence-electron chi connectivity index (χ2n) is 2.91. The van der Waals surface area contributed by atoms with Crippen molar-refractivity contribution in [1.29, 1.82) is 0 Å². The smallest absolute Gasteiger partial charge is 0.238 e. The van der Waals surface area contributed by atoms with Gasteiger partial charge in [-0.3, -0.25) is 10.1 Å². The van der Waals surface area contributed by atoms with Crippen LogP contribution in [0.3, 0.4) is 0 Å². The van der Waals surface area contributed by atoms with E-state index in [0.29, 0.717) is 6.42 Å². The lowest BCUT2D eigenvalue weighted by Gasteiger charge is -2.23. The Morgan fingerprint density at radius 1 is 1.45 bits per heavy atom. The number of hydrogen-bond donors (Lipinski definition) is 0. The third-order valence-corrected chi connectivity index (χ3v) is 2.24. The first-order valence-corrected chi connectivity index (χ1v) is 3.92. The fraction of sp³-hybridized carbons (Fsp3) is 1.00. The van der Waals surface area contributed by atoms with E-state index in [-0.39, 0.29) is 11.0 Å². The van der Waals surface area contributed by atoms with Crippen molar-refractivity contribution in [2.24, 2.45) is 0 Å². The minimum Gasteiger partial charge on any atom is -0.374 e. The maximum absolute atomic E-state index is 10.4. The lowest BCUT2D eigenvalue weighted by atomic mass is 9.93. The quantitative estimate of drug-likeness (QED) is 0.449. The van der Waals surface area contributed by atoms with E-state index in [0.717, 1.165) is 19.3 Å². The largest absolute Gasteiger partial charge is 0.374 e. The van der Waals surface area contributed by atoms with Crippen molar-refractivity contribution in [2.75, 3.05) is 7.11 Å². The maximum atomic E-state index is 10.4. The number of ether oxygens (including phenoxy) is 1. The monoisotopic (exact) mass is 159 g/mol. The zero-order chi connectivity index (χ0) is 8.27. The number of nitrogens with zero attached hydrogens (tertiary/aromatic N) is 1. The molecule has 0 N–H and O–H groups in total. The summed E-state index contributed by atoms with van der Waals surface area (Å²) in [4.78, 5) is 10.2. The normalized spacial score (nSPS) is 31.7. The number of methoxy groups -OCH3 is 1. The summed E-state index contributed by atoms with van der Waals surface area (Å²) in [6, 6.07) is -0.464. The molecule has 4 nitrogen and oxygen atoms in total. The van der Waals surface area contributed by atoms with Gasteiger partial charge in [0, 0.05) is 18.5 Å². The Morgan fingerprint density at radius 3 is 2.55 bits per heavy atom. The molecule has 0 aromatic rings. The average molecular weight is 159 g/mol. The number of hydrogen-bond acceptors (Lipinski definition) is 3. The molecule has 11 heavy (non-hydrogen) atoms. The van der Waals surface area contributed by atoms with Crippen LogP contribution in [0.1, 0.15) is 25.7 Å². The molecule has 0 aromatic carbocycles. The number of nitro groups is 1. The van der Waals surface area contributed by atoms with Crippen LogP contribution in [0.15, 0.2) is 0 Å². The van der Waals surface area contributed by atoms with Gasteiger partial charge in [0.15, 0.2) is 0 Å². The Kier molecular flexibility index (Phi) is 2.82. The van der Waals surface area contributed by atoms with Gasteiger partial charge in [-0.25, -0.2) is 0 Å². The summed E-state index contributed by atoms with van der Waals surface area (Å²) in [5, 5.41) is 10.4. The minimum absolute atomic E-state index is 0.154. The first-order valence-electron chi connectivity index (χ1n) is 3.92. The van der Waals surface area contributed by atoms with Crippen molar-refractivity contribution >= 4 is 0 Å². The van der Waals surface area contributed by atoms with E-state index in [1.54, 1.807) is 7.11 Å². The van der Waals surface area contributed by atoms with E-state index in [9.17, 15) is 10.1 Å². The summed E-state index contributed by atoms with van der Waals surface area (Å²) in [6.07, 6.45) is 3.38. The zero-order valence-corrected chi connectivity index (χ0v) is 6.66. The summed E-state index contributed by atoms with van der Waals surface area (Å²) in [5.41, 5.74) is 0. The molecule has 0 spiro atoms. The molecule has 1 saturated carbocycles. The molecule has 1 aliphatic rings. The van der Waals surface area contributed by atoms with E-state index in [2.05, 4.69) is 0 Å². The van der Waals surface area contributed by atoms with Crippen LogP contribution >= 0.6 is 0 Å². The van der Waals surface area contributed by atoms with Gasteiger partial charge < -0.3 is 4.74 Å². The molecule has 0 bridgehead atoms. The summed E-state index contributed by atoms with van der Waals surface area (Å²) < 4.78 is 5.02. The van der Waals surface area contributed by atoms with Gasteiger partial charge in [-0.2, -0.15) is 0 Å². The van der Waals surface area contributed by atoms with Crippen molar-refractivity contribution in [3.8, 4) is 0 Å². The van der Waals surface area contributed by atoms with Gasteiger partial charge in [-0.1, -0.05) is 6.42 Å². The van der Waals surface area contributed by atoms with Crippen LogP contribution < -0.4 is 0 Å². The topological polar surface area (TPSA) is 52.4 Å². The molecular weight excluding hydrogens is 146 g/mol. The Bertz CT molecular complexity index is 149. The van der Waals surface area contributed by atoms with Crippen LogP contribution in [0.4, 0.5) is 0 Å². The molecule has 0 amide bonds. The third kappa shape index (κ3) is 1.89. The van der Waals surface area contributed by atoms with E-state index in [4.69, 9.17) is 4.74 Å². The SMILES string of the molecule is COC1CCCCC1[N+](=O)[O-]. The minimum atomic E-state index is -0.464. The van der Waals surface area contributed by atoms with Crippen molar-refractivity contribution in [1.82, 2.24) is 0 Å². The first kappa shape index (κ1) is 8.46. The van der Waals surface area contributed by atoms with Crippen LogP contribution in [0.2, 0.25) is 0 Å². The first-order chi connectivity index (χ1) is 5.25. The van der Waals surface area contributed by atoms with Gasteiger partial charge in [0.05, 0.1) is 0 Å². The summed E-state index contributed by atoms with van der Waals surface area (Å²) in [7, 11) is 1.55. The molecular formula is C7H13NO3. The Morgan fingerprint density at radius 2 is 2.09 bits per heavy atom. The Labute approximate surface area is 65.7 Å². The van der Waals surface area contributed by atoms with Gasteiger partial charge >= 0.3 is 0 Å². The lowest BCUT2D eigenvalue weighted by molar-refractivity contribution is -0.538. The molecule has 1 aliphatic carbocycles. The summed E-state index contributed by atoms with van der Waals surface area (Å²) >= 11 is 0. The molecule has 0 aromatic heterocycles. The maximum Gasteiger partial charge on any atom is 0.238 e. The lowest BCUT2D eigenvalue weighted by Crippen LogP contribution is -2.37. The van der Waals surface area contributed by atoms with Gasteiger partial charge in [0.1, 0.15) is 6.10 Å². The highest BCUT2D eigenvalue weighted by Gasteiger charge is 2.33. The zero-order valence-electron chi connectivity index (χ0n) is 6.66. The molecule has 0 heterocycles. The Hall–Kier alpha value is -0.640.